The van der Waals surface area contributed by atoms with E-state index in [1.807, 2.05) is 19.9 Å². The van der Waals surface area contributed by atoms with Gasteiger partial charge in [-0.3, -0.25) is 0 Å². The number of aliphatic imine (C=N–C) groups is 1. The number of nitrogens with zero attached hydrogens (tertiary/aromatic N) is 1. The third kappa shape index (κ3) is 4.24. The van der Waals surface area contributed by atoms with Gasteiger partial charge in [-0.1, -0.05) is 6.92 Å². The SMILES string of the molecule is CCNC(=NCC(C)(O)c1ccc(C)o1)NCC1(C)COC1. The second kappa shape index (κ2) is 6.71. The summed E-state index contributed by atoms with van der Waals surface area (Å²) in [7, 11) is 0. The zero-order chi connectivity index (χ0) is 16.2. The van der Waals surface area contributed by atoms with E-state index < -0.39 is 5.60 Å². The molecular weight excluding hydrogens is 282 g/mol. The lowest BCUT2D eigenvalue weighted by atomic mass is 9.89. The zero-order valence-corrected chi connectivity index (χ0v) is 13.9. The Morgan fingerprint density at radius 3 is 2.64 bits per heavy atom. The molecular formula is C16H27N3O3. The van der Waals surface area contributed by atoms with Gasteiger partial charge in [0.2, 0.25) is 0 Å². The molecule has 1 saturated heterocycles. The van der Waals surface area contributed by atoms with Crippen LogP contribution >= 0.6 is 0 Å². The van der Waals surface area contributed by atoms with Crippen LogP contribution in [0.25, 0.3) is 0 Å². The molecule has 22 heavy (non-hydrogen) atoms. The number of furan rings is 1. The molecule has 0 radical (unpaired) electrons. The third-order valence-corrected chi connectivity index (χ3v) is 3.74. The van der Waals surface area contributed by atoms with Crippen LogP contribution in [0.3, 0.4) is 0 Å². The highest BCUT2D eigenvalue weighted by Gasteiger charge is 2.33. The van der Waals surface area contributed by atoms with Gasteiger partial charge in [-0.15, -0.1) is 0 Å². The van der Waals surface area contributed by atoms with Crippen LogP contribution in [-0.4, -0.2) is 43.9 Å². The molecule has 6 nitrogen and oxygen atoms in total. The van der Waals surface area contributed by atoms with Gasteiger partial charge < -0.3 is 24.9 Å². The molecule has 3 N–H and O–H groups in total. The molecule has 1 aromatic heterocycles. The highest BCUT2D eigenvalue weighted by atomic mass is 16.5. The van der Waals surface area contributed by atoms with Crippen LogP contribution in [0, 0.1) is 12.3 Å². The minimum Gasteiger partial charge on any atom is -0.463 e. The molecule has 1 atom stereocenters. The van der Waals surface area contributed by atoms with E-state index in [4.69, 9.17) is 9.15 Å². The number of rotatable bonds is 6. The summed E-state index contributed by atoms with van der Waals surface area (Å²) in [6, 6.07) is 3.63. The lowest BCUT2D eigenvalue weighted by Crippen LogP contribution is -2.51. The second-order valence-electron chi connectivity index (χ2n) is 6.54. The summed E-state index contributed by atoms with van der Waals surface area (Å²) >= 11 is 0. The number of hydrogen-bond donors (Lipinski definition) is 3. The van der Waals surface area contributed by atoms with Gasteiger partial charge in [0.25, 0.3) is 0 Å². The Morgan fingerprint density at radius 2 is 2.14 bits per heavy atom. The molecule has 1 aliphatic rings. The van der Waals surface area contributed by atoms with Crippen LogP contribution in [0.5, 0.6) is 0 Å². The standard InChI is InChI=1S/C16H27N3O3/c1-5-17-14(18-8-15(3)10-21-11-15)19-9-16(4,20)13-7-6-12(2)22-13/h6-7,20H,5,8-11H2,1-4H3,(H2,17,18,19). The molecule has 0 bridgehead atoms. The molecule has 124 valence electrons. The fraction of sp³-hybridized carbons (Fsp3) is 0.688. The average molecular weight is 309 g/mol. The first-order valence-corrected chi connectivity index (χ1v) is 7.74. The van der Waals surface area contributed by atoms with Gasteiger partial charge in [-0.25, -0.2) is 4.99 Å². The van der Waals surface area contributed by atoms with Gasteiger partial charge in [0, 0.05) is 18.5 Å². The number of aliphatic hydroxyl groups is 1. The third-order valence-electron chi connectivity index (χ3n) is 3.74. The van der Waals surface area contributed by atoms with Crippen LogP contribution < -0.4 is 10.6 Å². The molecule has 0 aromatic carbocycles. The lowest BCUT2D eigenvalue weighted by Gasteiger charge is -2.38. The molecule has 2 heterocycles. The minimum absolute atomic E-state index is 0.164. The van der Waals surface area contributed by atoms with Crippen LogP contribution in [0.4, 0.5) is 0 Å². The topological polar surface area (TPSA) is 79.0 Å². The Morgan fingerprint density at radius 1 is 1.41 bits per heavy atom. The van der Waals surface area contributed by atoms with E-state index in [1.165, 1.54) is 0 Å². The molecule has 0 spiro atoms. The average Bonchev–Trinajstić information content (AvgIpc) is 2.87. The van der Waals surface area contributed by atoms with Gasteiger partial charge in [0.15, 0.2) is 5.96 Å². The number of guanidine groups is 1. The van der Waals surface area contributed by atoms with Gasteiger partial charge >= 0.3 is 0 Å². The summed E-state index contributed by atoms with van der Waals surface area (Å²) in [5.41, 5.74) is -0.961. The van der Waals surface area contributed by atoms with E-state index in [0.717, 1.165) is 32.1 Å². The first-order chi connectivity index (χ1) is 10.3. The smallest absolute Gasteiger partial charge is 0.191 e. The van der Waals surface area contributed by atoms with Gasteiger partial charge in [0.05, 0.1) is 19.8 Å². The second-order valence-corrected chi connectivity index (χ2v) is 6.54. The van der Waals surface area contributed by atoms with Gasteiger partial charge in [-0.2, -0.15) is 0 Å². The van der Waals surface area contributed by atoms with Gasteiger partial charge in [-0.05, 0) is 32.9 Å². The van der Waals surface area contributed by atoms with Crippen molar-refractivity contribution in [2.75, 3.05) is 32.8 Å². The van der Waals surface area contributed by atoms with Crippen molar-refractivity contribution in [3.05, 3.63) is 23.7 Å². The Kier molecular flexibility index (Phi) is 5.13. The van der Waals surface area contributed by atoms with Crippen molar-refractivity contribution in [3.8, 4) is 0 Å². The maximum atomic E-state index is 10.5. The molecule has 0 saturated carbocycles. The van der Waals surface area contributed by atoms with Crippen molar-refractivity contribution in [2.45, 2.75) is 33.3 Å². The van der Waals surface area contributed by atoms with Crippen LogP contribution in [0.1, 0.15) is 32.3 Å². The predicted molar refractivity (Wildman–Crippen MR) is 85.9 cm³/mol. The first-order valence-electron chi connectivity index (χ1n) is 7.74. The highest BCUT2D eigenvalue weighted by Crippen LogP contribution is 2.25. The largest absolute Gasteiger partial charge is 0.463 e. The Hall–Kier alpha value is -1.53. The number of nitrogens with one attached hydrogen (secondary N) is 2. The predicted octanol–water partition coefficient (Wildman–Crippen LogP) is 1.39. The Bertz CT molecular complexity index is 518. The van der Waals surface area contributed by atoms with Crippen molar-refractivity contribution < 1.29 is 14.3 Å². The summed E-state index contributed by atoms with van der Waals surface area (Å²) in [6.45, 7) is 11.1. The normalized spacial score (nSPS) is 20.1. The molecule has 1 unspecified atom stereocenters. The van der Waals surface area contributed by atoms with Gasteiger partial charge in [0.1, 0.15) is 17.1 Å². The fourth-order valence-corrected chi connectivity index (χ4v) is 2.23. The summed E-state index contributed by atoms with van der Waals surface area (Å²) in [6.07, 6.45) is 0. The molecule has 1 aromatic rings. The van der Waals surface area contributed by atoms with Crippen LogP contribution in [0.15, 0.2) is 21.5 Å². The van der Waals surface area contributed by atoms with Crippen LogP contribution in [0.2, 0.25) is 0 Å². The van der Waals surface area contributed by atoms with Crippen molar-refractivity contribution in [1.29, 1.82) is 0 Å². The minimum atomic E-state index is -1.12. The summed E-state index contributed by atoms with van der Waals surface area (Å²) in [5, 5.41) is 17.0. The molecule has 1 fully saturated rings. The van der Waals surface area contributed by atoms with Crippen molar-refractivity contribution in [2.24, 2.45) is 10.4 Å². The van der Waals surface area contributed by atoms with E-state index >= 15 is 0 Å². The van der Waals surface area contributed by atoms with E-state index in [-0.39, 0.29) is 12.0 Å². The molecule has 0 aliphatic carbocycles. The van der Waals surface area contributed by atoms with E-state index in [0.29, 0.717) is 11.7 Å². The summed E-state index contributed by atoms with van der Waals surface area (Å²) in [4.78, 5) is 4.48. The maximum Gasteiger partial charge on any atom is 0.191 e. The molecule has 6 heteroatoms. The van der Waals surface area contributed by atoms with E-state index in [9.17, 15) is 5.11 Å². The number of ether oxygens (including phenoxy) is 1. The van der Waals surface area contributed by atoms with E-state index in [2.05, 4.69) is 22.5 Å². The van der Waals surface area contributed by atoms with Crippen molar-refractivity contribution in [1.82, 2.24) is 10.6 Å². The highest BCUT2D eigenvalue weighted by molar-refractivity contribution is 5.79. The lowest BCUT2D eigenvalue weighted by molar-refractivity contribution is -0.0971. The molecule has 1 aliphatic heterocycles. The summed E-state index contributed by atoms with van der Waals surface area (Å²) in [5.74, 6) is 2.00. The van der Waals surface area contributed by atoms with Crippen molar-refractivity contribution >= 4 is 5.96 Å². The fourth-order valence-electron chi connectivity index (χ4n) is 2.23. The molecule has 2 rings (SSSR count). The zero-order valence-electron chi connectivity index (χ0n) is 13.9. The van der Waals surface area contributed by atoms with Crippen LogP contribution in [-0.2, 0) is 10.3 Å². The molecule has 0 amide bonds. The Balaban J connectivity index is 1.96. The summed E-state index contributed by atoms with van der Waals surface area (Å²) < 4.78 is 10.8. The quantitative estimate of drug-likeness (QED) is 0.547. The Labute approximate surface area is 132 Å². The van der Waals surface area contributed by atoms with E-state index in [1.54, 1.807) is 13.0 Å². The monoisotopic (exact) mass is 309 g/mol. The maximum absolute atomic E-state index is 10.5. The van der Waals surface area contributed by atoms with Crippen molar-refractivity contribution in [3.63, 3.8) is 0 Å². The number of aryl methyl sites for hydroxylation is 1. The first kappa shape index (κ1) is 16.8. The number of hydrogen-bond acceptors (Lipinski definition) is 4.